The Kier molecular flexibility index (Phi) is 7.81. The summed E-state index contributed by atoms with van der Waals surface area (Å²) in [5.41, 5.74) is 7.56. The molecule has 0 unspecified atom stereocenters. The summed E-state index contributed by atoms with van der Waals surface area (Å²) in [6.45, 7) is 0. The minimum Gasteiger partial charge on any atom is -0.503 e. The van der Waals surface area contributed by atoms with Gasteiger partial charge in [0, 0.05) is 38.8 Å². The van der Waals surface area contributed by atoms with Gasteiger partial charge in [0.25, 0.3) is 6.33 Å². The van der Waals surface area contributed by atoms with Crippen molar-refractivity contribution in [3.8, 4) is 78.6 Å². The molecule has 284 valence electrons. The summed E-state index contributed by atoms with van der Waals surface area (Å²) in [5.74, 6) is 0.774. The van der Waals surface area contributed by atoms with E-state index in [1.807, 2.05) is 54.6 Å². The van der Waals surface area contributed by atoms with Crippen molar-refractivity contribution in [2.45, 2.75) is 0 Å². The van der Waals surface area contributed by atoms with Gasteiger partial charge in [0.05, 0.1) is 30.4 Å². The Hall–Kier alpha value is -7.13. The van der Waals surface area contributed by atoms with Gasteiger partial charge in [0.15, 0.2) is 0 Å². The number of aromatic nitrogens is 3. The third-order valence-electron chi connectivity index (χ3n) is 9.71. The first kappa shape index (κ1) is 27.5. The second-order valence-corrected chi connectivity index (χ2v) is 13.3. The number of pyridine rings is 1. The van der Waals surface area contributed by atoms with Crippen LogP contribution in [0.3, 0.4) is 0 Å². The van der Waals surface area contributed by atoms with Crippen LogP contribution < -0.4 is 9.30 Å². The Balaban J connectivity index is 0.00000593. The van der Waals surface area contributed by atoms with Crippen LogP contribution in [0.25, 0.3) is 78.2 Å². The van der Waals surface area contributed by atoms with Gasteiger partial charge in [-0.15, -0.1) is 35.9 Å². The molecule has 8 aromatic carbocycles. The predicted octanol–water partition coefficient (Wildman–Crippen LogP) is 12.8. The summed E-state index contributed by atoms with van der Waals surface area (Å²) in [7, 11) is 0. The van der Waals surface area contributed by atoms with Gasteiger partial charge in [0.2, 0.25) is 0 Å². The summed E-state index contributed by atoms with van der Waals surface area (Å²) in [5, 5.41) is 0. The first-order chi connectivity index (χ1) is 32.9. The van der Waals surface area contributed by atoms with Crippen LogP contribution in [0, 0.1) is 18.5 Å². The molecule has 0 saturated heterocycles. The van der Waals surface area contributed by atoms with Crippen molar-refractivity contribution in [1.82, 2.24) is 9.55 Å². The number of imidazole rings is 1. The van der Waals surface area contributed by atoms with E-state index in [1.54, 1.807) is 69.9 Å². The van der Waals surface area contributed by atoms with E-state index in [2.05, 4.69) is 59.8 Å². The van der Waals surface area contributed by atoms with Crippen LogP contribution in [0.4, 0.5) is 0 Å². The maximum absolute atomic E-state index is 8.96. The quantitative estimate of drug-likeness (QED) is 0.107. The van der Waals surface area contributed by atoms with E-state index in [9.17, 15) is 0 Å². The van der Waals surface area contributed by atoms with E-state index in [4.69, 9.17) is 18.4 Å². The van der Waals surface area contributed by atoms with Crippen LogP contribution in [-0.4, -0.2) is 9.55 Å². The molecule has 0 aliphatic carbocycles. The number of benzene rings is 8. The molecule has 5 heteroatoms. The van der Waals surface area contributed by atoms with Gasteiger partial charge in [-0.3, -0.25) is 4.57 Å². The molecule has 0 bridgehead atoms. The molecule has 10 aromatic rings. The van der Waals surface area contributed by atoms with E-state index in [-0.39, 0.29) is 49.0 Å². The van der Waals surface area contributed by atoms with E-state index in [1.165, 1.54) is 0 Å². The molecule has 0 atom stereocenters. The molecule has 0 radical (unpaired) electrons. The molecule has 0 aliphatic heterocycles. The Morgan fingerprint density at radius 2 is 1.12 bits per heavy atom. The van der Waals surface area contributed by atoms with Gasteiger partial charge < -0.3 is 14.3 Å². The first-order valence-electron chi connectivity index (χ1n) is 23.5. The smallest absolute Gasteiger partial charge is 0.268 e. The maximum Gasteiger partial charge on any atom is 0.268 e. The van der Waals surface area contributed by atoms with Gasteiger partial charge in [-0.2, -0.15) is 12.1 Å². The topological polar surface area (TPSA) is 30.9 Å². The average Bonchev–Trinajstić information content (AvgIpc) is 3.76. The zero-order valence-electron chi connectivity index (χ0n) is 41.0. The van der Waals surface area contributed by atoms with Crippen LogP contribution >= 0.6 is 0 Å². The third-order valence-corrected chi connectivity index (χ3v) is 9.71. The van der Waals surface area contributed by atoms with Crippen molar-refractivity contribution in [1.29, 1.82) is 0 Å². The second-order valence-electron chi connectivity index (χ2n) is 13.3. The molecule has 0 saturated carbocycles. The maximum atomic E-state index is 8.96. The Morgan fingerprint density at radius 1 is 0.525 bits per heavy atom. The molecule has 0 amide bonds. The van der Waals surface area contributed by atoms with Crippen LogP contribution in [0.1, 0.15) is 13.7 Å². The van der Waals surface area contributed by atoms with E-state index < -0.39 is 60.4 Å². The predicted molar refractivity (Wildman–Crippen MR) is 233 cm³/mol. The summed E-state index contributed by atoms with van der Waals surface area (Å²) < 4.78 is 96.2. The van der Waals surface area contributed by atoms with Gasteiger partial charge in [-0.25, -0.2) is 0 Å². The van der Waals surface area contributed by atoms with Gasteiger partial charge >= 0.3 is 0 Å². The molecule has 59 heavy (non-hydrogen) atoms. The van der Waals surface area contributed by atoms with Crippen molar-refractivity contribution in [3.05, 3.63) is 231 Å². The monoisotopic (exact) mass is 946 g/mol. The molecule has 0 N–H and O–H groups in total. The second kappa shape index (κ2) is 16.8. The number of nitrogens with zero attached hydrogens (tertiary/aromatic N) is 3. The van der Waals surface area contributed by atoms with Crippen molar-refractivity contribution >= 4 is 11.0 Å². The van der Waals surface area contributed by atoms with Crippen molar-refractivity contribution in [2.75, 3.05) is 0 Å². The van der Waals surface area contributed by atoms with E-state index in [0.717, 1.165) is 27.8 Å². The minimum atomic E-state index is -0.572. The van der Waals surface area contributed by atoms with Crippen LogP contribution in [0.2, 0.25) is 0 Å². The number of rotatable bonds is 9. The zero-order valence-corrected chi connectivity index (χ0v) is 33.3. The molecule has 2 aromatic heterocycles. The average molecular weight is 947 g/mol. The Labute approximate surface area is 372 Å². The third kappa shape index (κ3) is 7.67. The molecular formula is C54H35N3OPt-2. The number of hydrogen-bond acceptors (Lipinski definition) is 2. The fraction of sp³-hybridized carbons (Fsp3) is 0. The molecular weight excluding hydrogens is 902 g/mol. The van der Waals surface area contributed by atoms with Crippen molar-refractivity contribution in [2.24, 2.45) is 0 Å². The summed E-state index contributed by atoms with van der Waals surface area (Å²) in [6.07, 6.45) is 5.15. The molecule has 0 fully saturated rings. The summed E-state index contributed by atoms with van der Waals surface area (Å²) >= 11 is 0. The van der Waals surface area contributed by atoms with Crippen molar-refractivity contribution < 1.29 is 44.1 Å². The van der Waals surface area contributed by atoms with Crippen LogP contribution in [0.5, 0.6) is 11.5 Å². The first-order valence-corrected chi connectivity index (χ1v) is 18.5. The molecule has 2 heterocycles. The summed E-state index contributed by atoms with van der Waals surface area (Å²) in [6, 6.07) is 47.0. The van der Waals surface area contributed by atoms with Crippen molar-refractivity contribution in [3.63, 3.8) is 0 Å². The molecule has 0 aliphatic rings. The molecule has 0 spiro atoms. The largest absolute Gasteiger partial charge is 0.503 e. The standard InChI is InChI=1S/C54H35N3O.Pt/c1-4-15-39(16-5-1)40-29-31-41(32-30-40)44-33-34-55-51(36-44)45-21-12-23-47(35-45)58-48-24-13-22-46(37-48)56-38-57(53-28-11-10-27-52(53)56)54-49(42-17-6-2-7-18-42)25-14-26-50(54)43-19-8-3-9-20-43;/h1-34,36H;/q-2;/i2D,3D,6D,7D,8D,9D,17D,18D,19D,20D;. The number of ether oxygens (including phenoxy) is 1. The van der Waals surface area contributed by atoms with E-state index >= 15 is 0 Å². The van der Waals surface area contributed by atoms with E-state index in [0.29, 0.717) is 33.9 Å². The Bertz CT molecular complexity index is 3480. The molecule has 4 nitrogen and oxygen atoms in total. The number of para-hydroxylation sites is 3. The zero-order chi connectivity index (χ0) is 47.4. The van der Waals surface area contributed by atoms with Crippen LogP contribution in [0.15, 0.2) is 212 Å². The Morgan fingerprint density at radius 3 is 1.83 bits per heavy atom. The normalized spacial score (nSPS) is 13.3. The number of hydrogen-bond donors (Lipinski definition) is 0. The number of fused-ring (bicyclic) bond motifs is 1. The minimum absolute atomic E-state index is 0. The van der Waals surface area contributed by atoms with Gasteiger partial charge in [-0.05, 0) is 62.0 Å². The van der Waals surface area contributed by atoms with Gasteiger partial charge in [-0.1, -0.05) is 170 Å². The molecule has 10 rings (SSSR count). The van der Waals surface area contributed by atoms with Crippen LogP contribution in [-0.2, 0) is 21.1 Å². The summed E-state index contributed by atoms with van der Waals surface area (Å²) in [4.78, 5) is 4.65. The fourth-order valence-electron chi connectivity index (χ4n) is 7.01. The van der Waals surface area contributed by atoms with Gasteiger partial charge in [0.1, 0.15) is 0 Å². The SMILES string of the molecule is [2H]c1c([2H])c([2H])c(-c2cccc(-c3c([2H])c([2H])c([2H])c([2H])c3[2H])c2-[n+]2[c-]n(-c3[c-]c(Oc4[c-]c(-c5cc(-c6ccc(-c7ccccc7)cc6)ccn5)ccc4)ccc3)c3ccccc32)c([2H])c1[2H].[Pt]. The fourth-order valence-corrected chi connectivity index (χ4v) is 7.01.